The van der Waals surface area contributed by atoms with Crippen molar-refractivity contribution >= 4 is 21.6 Å². The van der Waals surface area contributed by atoms with E-state index in [0.717, 1.165) is 0 Å². The zero-order chi connectivity index (χ0) is 12.2. The Morgan fingerprint density at radius 1 is 1.50 bits per heavy atom. The second kappa shape index (κ2) is 5.49. The van der Waals surface area contributed by atoms with E-state index >= 15 is 0 Å². The average Bonchev–Trinajstić information content (AvgIpc) is 2.17. The van der Waals surface area contributed by atoms with Gasteiger partial charge in [-0.25, -0.2) is 13.1 Å². The number of halogens is 1. The van der Waals surface area contributed by atoms with Crippen LogP contribution < -0.4 is 4.72 Å². The van der Waals surface area contributed by atoms with E-state index in [1.807, 2.05) is 0 Å². The Labute approximate surface area is 99.0 Å². The molecule has 0 amide bonds. The normalized spacial score (nSPS) is 11.6. The Balaban J connectivity index is 2.98. The highest BCUT2D eigenvalue weighted by atomic mass is 35.5. The van der Waals surface area contributed by atoms with Crippen LogP contribution in [0.25, 0.3) is 0 Å². The standard InChI is InChI=1S/C9H12ClNO4S/c1-15-6-5-11-16(13,14)9-7(10)3-2-4-8(9)12/h2-4,11-12H,5-6H2,1H3. The van der Waals surface area contributed by atoms with Gasteiger partial charge in [0, 0.05) is 13.7 Å². The zero-order valence-electron chi connectivity index (χ0n) is 8.60. The van der Waals surface area contributed by atoms with Crippen molar-refractivity contribution in [3.8, 4) is 5.75 Å². The van der Waals surface area contributed by atoms with Gasteiger partial charge < -0.3 is 9.84 Å². The molecule has 0 aliphatic carbocycles. The molecule has 1 rings (SSSR count). The van der Waals surface area contributed by atoms with Gasteiger partial charge in [0.15, 0.2) is 0 Å². The molecule has 90 valence electrons. The maximum absolute atomic E-state index is 11.7. The second-order valence-corrected chi connectivity index (χ2v) is 5.09. The van der Waals surface area contributed by atoms with Gasteiger partial charge in [0.05, 0.1) is 11.6 Å². The van der Waals surface area contributed by atoms with Crippen LogP contribution in [0.3, 0.4) is 0 Å². The highest BCUT2D eigenvalue weighted by Gasteiger charge is 2.21. The summed E-state index contributed by atoms with van der Waals surface area (Å²) >= 11 is 5.72. The summed E-state index contributed by atoms with van der Waals surface area (Å²) in [5, 5.41) is 9.43. The van der Waals surface area contributed by atoms with Crippen molar-refractivity contribution in [2.45, 2.75) is 4.90 Å². The third-order valence-corrected chi connectivity index (χ3v) is 3.79. The lowest BCUT2D eigenvalue weighted by Gasteiger charge is -2.09. The third-order valence-electron chi connectivity index (χ3n) is 1.81. The van der Waals surface area contributed by atoms with E-state index in [0.29, 0.717) is 0 Å². The first kappa shape index (κ1) is 13.2. The molecule has 1 aromatic carbocycles. The van der Waals surface area contributed by atoms with Crippen molar-refractivity contribution < 1.29 is 18.3 Å². The number of aromatic hydroxyl groups is 1. The summed E-state index contributed by atoms with van der Waals surface area (Å²) in [7, 11) is -2.35. The van der Waals surface area contributed by atoms with Crippen molar-refractivity contribution in [2.24, 2.45) is 0 Å². The first-order valence-corrected chi connectivity index (χ1v) is 6.31. The fourth-order valence-corrected chi connectivity index (χ4v) is 2.75. The van der Waals surface area contributed by atoms with Gasteiger partial charge in [-0.05, 0) is 12.1 Å². The van der Waals surface area contributed by atoms with Gasteiger partial charge in [0.2, 0.25) is 10.0 Å². The summed E-state index contributed by atoms with van der Waals surface area (Å²) in [4.78, 5) is -0.312. The summed E-state index contributed by atoms with van der Waals surface area (Å²) in [6.45, 7) is 0.355. The minimum Gasteiger partial charge on any atom is -0.506 e. The fraction of sp³-hybridized carbons (Fsp3) is 0.333. The van der Waals surface area contributed by atoms with Crippen molar-refractivity contribution in [2.75, 3.05) is 20.3 Å². The van der Waals surface area contributed by atoms with Crippen LogP contribution in [-0.2, 0) is 14.8 Å². The molecule has 0 aliphatic rings. The van der Waals surface area contributed by atoms with Crippen LogP contribution in [0.5, 0.6) is 5.75 Å². The van der Waals surface area contributed by atoms with Crippen LogP contribution in [-0.4, -0.2) is 33.8 Å². The molecule has 5 nitrogen and oxygen atoms in total. The molecular formula is C9H12ClNO4S. The SMILES string of the molecule is COCCNS(=O)(=O)c1c(O)cccc1Cl. The predicted octanol–water partition coefficient (Wildman–Crippen LogP) is 0.970. The van der Waals surface area contributed by atoms with E-state index < -0.39 is 10.0 Å². The molecule has 7 heteroatoms. The number of benzene rings is 1. The first-order chi connectivity index (χ1) is 7.49. The quantitative estimate of drug-likeness (QED) is 0.778. The molecule has 1 aromatic rings. The molecule has 0 fully saturated rings. The number of phenols is 1. The number of ether oxygens (including phenoxy) is 1. The smallest absolute Gasteiger partial charge is 0.245 e. The van der Waals surface area contributed by atoms with E-state index in [2.05, 4.69) is 4.72 Å². The van der Waals surface area contributed by atoms with Gasteiger partial charge in [0.25, 0.3) is 0 Å². The van der Waals surface area contributed by atoms with E-state index in [-0.39, 0.29) is 28.8 Å². The van der Waals surface area contributed by atoms with E-state index in [1.165, 1.54) is 25.3 Å². The maximum Gasteiger partial charge on any atom is 0.245 e. The molecule has 2 N–H and O–H groups in total. The molecule has 0 saturated carbocycles. The average molecular weight is 266 g/mol. The lowest BCUT2D eigenvalue weighted by atomic mass is 10.3. The first-order valence-electron chi connectivity index (χ1n) is 4.45. The Morgan fingerprint density at radius 3 is 2.75 bits per heavy atom. The molecule has 0 heterocycles. The largest absolute Gasteiger partial charge is 0.506 e. The Kier molecular flexibility index (Phi) is 4.55. The molecule has 0 atom stereocenters. The minimum atomic E-state index is -3.81. The Bertz CT molecular complexity index is 440. The number of phenolic OH excluding ortho intramolecular Hbond substituents is 1. The molecule has 0 aromatic heterocycles. The summed E-state index contributed by atoms with van der Waals surface area (Å²) in [6.07, 6.45) is 0. The van der Waals surface area contributed by atoms with E-state index in [4.69, 9.17) is 16.3 Å². The summed E-state index contributed by atoms with van der Waals surface area (Å²) < 4.78 is 30.4. The Morgan fingerprint density at radius 2 is 2.19 bits per heavy atom. The van der Waals surface area contributed by atoms with Gasteiger partial charge in [-0.3, -0.25) is 0 Å². The van der Waals surface area contributed by atoms with Crippen LogP contribution in [0.2, 0.25) is 5.02 Å². The highest BCUT2D eigenvalue weighted by molar-refractivity contribution is 7.89. The van der Waals surface area contributed by atoms with Crippen molar-refractivity contribution in [3.63, 3.8) is 0 Å². The monoisotopic (exact) mass is 265 g/mol. The molecule has 0 radical (unpaired) electrons. The van der Waals surface area contributed by atoms with Gasteiger partial charge >= 0.3 is 0 Å². The molecule has 0 bridgehead atoms. The van der Waals surface area contributed by atoms with Crippen LogP contribution in [0.15, 0.2) is 23.1 Å². The van der Waals surface area contributed by atoms with E-state index in [1.54, 1.807) is 0 Å². The van der Waals surface area contributed by atoms with Crippen LogP contribution >= 0.6 is 11.6 Å². The summed E-state index contributed by atoms with van der Waals surface area (Å²) in [5.74, 6) is -0.377. The van der Waals surface area contributed by atoms with Crippen LogP contribution in [0.4, 0.5) is 0 Å². The van der Waals surface area contributed by atoms with Crippen LogP contribution in [0.1, 0.15) is 0 Å². The fourth-order valence-electron chi connectivity index (χ4n) is 1.11. The summed E-state index contributed by atoms with van der Waals surface area (Å²) in [6, 6.07) is 4.12. The molecule has 0 aliphatic heterocycles. The van der Waals surface area contributed by atoms with Crippen molar-refractivity contribution in [1.29, 1.82) is 0 Å². The highest BCUT2D eigenvalue weighted by Crippen LogP contribution is 2.29. The summed E-state index contributed by atoms with van der Waals surface area (Å²) in [5.41, 5.74) is 0. The zero-order valence-corrected chi connectivity index (χ0v) is 10.2. The number of nitrogens with one attached hydrogen (secondary N) is 1. The van der Waals surface area contributed by atoms with E-state index in [9.17, 15) is 13.5 Å². The molecule has 0 unspecified atom stereocenters. The molecular weight excluding hydrogens is 254 g/mol. The number of rotatable bonds is 5. The third kappa shape index (κ3) is 3.08. The number of hydrogen-bond donors (Lipinski definition) is 2. The van der Waals surface area contributed by atoms with Gasteiger partial charge in [0.1, 0.15) is 10.6 Å². The van der Waals surface area contributed by atoms with Gasteiger partial charge in [-0.1, -0.05) is 17.7 Å². The molecule has 0 saturated heterocycles. The molecule has 16 heavy (non-hydrogen) atoms. The maximum atomic E-state index is 11.7. The number of hydrogen-bond acceptors (Lipinski definition) is 4. The van der Waals surface area contributed by atoms with Crippen molar-refractivity contribution in [1.82, 2.24) is 4.72 Å². The Hall–Kier alpha value is -0.820. The van der Waals surface area contributed by atoms with Gasteiger partial charge in [-0.15, -0.1) is 0 Å². The predicted molar refractivity (Wildman–Crippen MR) is 60.2 cm³/mol. The second-order valence-electron chi connectivity index (χ2n) is 2.98. The lowest BCUT2D eigenvalue weighted by Crippen LogP contribution is -2.27. The van der Waals surface area contributed by atoms with Crippen molar-refractivity contribution in [3.05, 3.63) is 23.2 Å². The van der Waals surface area contributed by atoms with Gasteiger partial charge in [-0.2, -0.15) is 0 Å². The number of methoxy groups -OCH3 is 1. The minimum absolute atomic E-state index is 0.0232. The topological polar surface area (TPSA) is 75.6 Å². The molecule has 0 spiro atoms. The lowest BCUT2D eigenvalue weighted by molar-refractivity contribution is 0.204. The van der Waals surface area contributed by atoms with Crippen LogP contribution in [0, 0.1) is 0 Å². The number of sulfonamides is 1.